The monoisotopic (exact) mass is 544 g/mol. The predicted molar refractivity (Wildman–Crippen MR) is 135 cm³/mol. The topological polar surface area (TPSA) is 155 Å². The predicted octanol–water partition coefficient (Wildman–Crippen LogP) is 2.67. The van der Waals surface area contributed by atoms with Crippen LogP contribution in [-0.2, 0) is 24.4 Å². The lowest BCUT2D eigenvalue weighted by Crippen LogP contribution is -2.61. The van der Waals surface area contributed by atoms with Gasteiger partial charge in [-0.3, -0.25) is 14.1 Å². The fourth-order valence-electron chi connectivity index (χ4n) is 7.98. The number of ketones is 2. The Hall–Kier alpha value is -2.66. The molecule has 3 saturated carbocycles. The number of allylic oxidation sites excluding steroid dienone is 4. The lowest BCUT2D eigenvalue weighted by atomic mass is 9.46. The molecule has 1 unspecified atom stereocenters. The van der Waals surface area contributed by atoms with Crippen molar-refractivity contribution in [2.45, 2.75) is 62.6 Å². The molecule has 0 saturated heterocycles. The van der Waals surface area contributed by atoms with E-state index in [1.807, 2.05) is 19.9 Å². The van der Waals surface area contributed by atoms with Gasteiger partial charge in [-0.2, -0.15) is 8.42 Å². The summed E-state index contributed by atoms with van der Waals surface area (Å²) in [6, 6.07) is 4.94. The molecule has 0 aromatic heterocycles. The Balaban J connectivity index is 1.37. The van der Waals surface area contributed by atoms with Crippen LogP contribution in [0.1, 0.15) is 56.3 Å². The molecule has 9 nitrogen and oxygen atoms in total. The largest absolute Gasteiger partial charge is 0.454 e. The zero-order chi connectivity index (χ0) is 27.7. The third kappa shape index (κ3) is 3.92. The van der Waals surface area contributed by atoms with Gasteiger partial charge >= 0.3 is 5.97 Å². The van der Waals surface area contributed by atoms with E-state index in [1.165, 1.54) is 12.1 Å². The van der Waals surface area contributed by atoms with Crippen molar-refractivity contribution in [2.75, 3.05) is 6.61 Å². The Morgan fingerprint density at radius 1 is 1.16 bits per heavy atom. The van der Waals surface area contributed by atoms with E-state index in [-0.39, 0.29) is 36.4 Å². The molecular formula is C28H32O9S. The summed E-state index contributed by atoms with van der Waals surface area (Å²) >= 11 is 0. The summed E-state index contributed by atoms with van der Waals surface area (Å²) in [5, 5.41) is 23.2. The highest BCUT2D eigenvalue weighted by molar-refractivity contribution is 7.86. The normalized spacial score (nSPS) is 38.0. The number of hydrogen-bond acceptors (Lipinski definition) is 8. The van der Waals surface area contributed by atoms with E-state index in [2.05, 4.69) is 0 Å². The van der Waals surface area contributed by atoms with Gasteiger partial charge in [-0.15, -0.1) is 0 Å². The van der Waals surface area contributed by atoms with E-state index in [4.69, 9.17) is 4.74 Å². The Kier molecular flexibility index (Phi) is 6.34. The fraction of sp³-hybridized carbons (Fsp3) is 0.536. The minimum absolute atomic E-state index is 0.0229. The average Bonchev–Trinajstić information content (AvgIpc) is 3.13. The van der Waals surface area contributed by atoms with Gasteiger partial charge in [0.05, 0.1) is 11.7 Å². The highest BCUT2D eigenvalue weighted by atomic mass is 32.2. The first kappa shape index (κ1) is 26.9. The van der Waals surface area contributed by atoms with Gasteiger partial charge in [-0.25, -0.2) is 4.79 Å². The smallest absolute Gasteiger partial charge is 0.339 e. The average molecular weight is 545 g/mol. The molecule has 10 heteroatoms. The van der Waals surface area contributed by atoms with Crippen LogP contribution in [0.3, 0.4) is 0 Å². The molecule has 7 atom stereocenters. The van der Waals surface area contributed by atoms with Crippen LogP contribution in [0.2, 0.25) is 0 Å². The molecule has 38 heavy (non-hydrogen) atoms. The van der Waals surface area contributed by atoms with E-state index in [1.54, 1.807) is 12.2 Å². The number of Topliss-reactive ketones (excluding diaryl/α,β-unsaturated/α-hetero) is 1. The van der Waals surface area contributed by atoms with Crippen LogP contribution in [-0.4, -0.2) is 59.0 Å². The quantitative estimate of drug-likeness (QED) is 0.375. The Morgan fingerprint density at radius 2 is 1.87 bits per heavy atom. The minimum atomic E-state index is -4.69. The van der Waals surface area contributed by atoms with Crippen LogP contribution in [0.15, 0.2) is 53.0 Å². The van der Waals surface area contributed by atoms with Crippen molar-refractivity contribution in [3.05, 3.63) is 53.6 Å². The number of carbonyl (C=O) groups excluding carboxylic acids is 3. The number of benzene rings is 1. The number of fused-ring (bicyclic) bond motifs is 5. The molecule has 3 N–H and O–H groups in total. The molecular weight excluding hydrogens is 512 g/mol. The Labute approximate surface area is 221 Å². The van der Waals surface area contributed by atoms with Gasteiger partial charge in [0.15, 0.2) is 12.4 Å². The van der Waals surface area contributed by atoms with Gasteiger partial charge in [0.2, 0.25) is 5.78 Å². The number of esters is 1. The third-order valence-electron chi connectivity index (χ3n) is 9.83. The maximum absolute atomic E-state index is 13.4. The molecule has 1 aromatic rings. The van der Waals surface area contributed by atoms with Crippen molar-refractivity contribution in [1.82, 2.24) is 0 Å². The SMILES string of the molecule is C[C@]12C=CC(=O)C=C1CC[C@@H]1[C@@H]2C(O)C[C@@]2(C)[C@H]1CC[C@]2(O)C(=O)COC(=O)c1ccccc1S(=O)(=O)O. The molecule has 4 aliphatic carbocycles. The second-order valence-corrected chi connectivity index (χ2v) is 13.0. The Bertz CT molecular complexity index is 1380. The van der Waals surface area contributed by atoms with Gasteiger partial charge in [0.25, 0.3) is 10.1 Å². The second kappa shape index (κ2) is 8.94. The van der Waals surface area contributed by atoms with Gasteiger partial charge in [0.1, 0.15) is 10.5 Å². The summed E-state index contributed by atoms with van der Waals surface area (Å²) in [5.41, 5.74) is -2.69. The summed E-state index contributed by atoms with van der Waals surface area (Å²) in [7, 11) is -4.69. The van der Waals surface area contributed by atoms with E-state index < -0.39 is 61.5 Å². The fourth-order valence-corrected chi connectivity index (χ4v) is 8.66. The standard InChI is InChI=1S/C28H32O9S/c1-26-11-9-17(29)13-16(26)7-8-18-20-10-12-28(33,27(20,2)14-21(30)24(18)26)23(31)15-37-25(32)19-5-3-4-6-22(19)38(34,35)36/h3-6,9,11,13,18,20-21,24,30,33H,7-8,10,12,14-15H2,1-2H3,(H,34,35,36)/t18-,20-,21?,24+,26-,27-,28-/m0/s1. The molecule has 5 rings (SSSR count). The molecule has 3 fully saturated rings. The van der Waals surface area contributed by atoms with Gasteiger partial charge in [0, 0.05) is 16.7 Å². The van der Waals surface area contributed by atoms with E-state index in [9.17, 15) is 37.6 Å². The maximum Gasteiger partial charge on any atom is 0.339 e. The lowest BCUT2D eigenvalue weighted by molar-refractivity contribution is -0.178. The second-order valence-electron chi connectivity index (χ2n) is 11.6. The van der Waals surface area contributed by atoms with Crippen molar-refractivity contribution in [2.24, 2.45) is 28.6 Å². The number of carbonyl (C=O) groups is 3. The first-order chi connectivity index (χ1) is 17.7. The van der Waals surface area contributed by atoms with Crippen molar-refractivity contribution >= 4 is 27.7 Å². The molecule has 4 aliphatic rings. The van der Waals surface area contributed by atoms with Gasteiger partial charge in [-0.05, 0) is 68.2 Å². The number of hydrogen-bond donors (Lipinski definition) is 3. The first-order valence-electron chi connectivity index (χ1n) is 12.8. The maximum atomic E-state index is 13.4. The summed E-state index contributed by atoms with van der Waals surface area (Å²) in [6.45, 7) is 3.07. The number of ether oxygens (including phenoxy) is 1. The lowest BCUT2D eigenvalue weighted by Gasteiger charge is -2.59. The highest BCUT2D eigenvalue weighted by Gasteiger charge is 2.68. The number of aliphatic hydroxyl groups is 2. The van der Waals surface area contributed by atoms with Crippen LogP contribution in [0, 0.1) is 28.6 Å². The van der Waals surface area contributed by atoms with Crippen molar-refractivity contribution in [3.8, 4) is 0 Å². The first-order valence-corrected chi connectivity index (χ1v) is 14.3. The molecule has 0 amide bonds. The summed E-state index contributed by atoms with van der Waals surface area (Å²) in [4.78, 5) is 37.4. The summed E-state index contributed by atoms with van der Waals surface area (Å²) in [5.74, 6) is -2.08. The molecule has 1 aromatic carbocycles. The zero-order valence-corrected chi connectivity index (χ0v) is 22.1. The molecule has 0 aliphatic heterocycles. The molecule has 0 bridgehead atoms. The van der Waals surface area contributed by atoms with Crippen molar-refractivity contribution in [3.63, 3.8) is 0 Å². The van der Waals surface area contributed by atoms with E-state index >= 15 is 0 Å². The van der Waals surface area contributed by atoms with Crippen LogP contribution in [0.4, 0.5) is 0 Å². The number of aliphatic hydroxyl groups excluding tert-OH is 1. The molecule has 0 radical (unpaired) electrons. The molecule has 0 spiro atoms. The minimum Gasteiger partial charge on any atom is -0.454 e. The summed E-state index contributed by atoms with van der Waals surface area (Å²) < 4.78 is 37.8. The Morgan fingerprint density at radius 3 is 2.58 bits per heavy atom. The zero-order valence-electron chi connectivity index (χ0n) is 21.3. The van der Waals surface area contributed by atoms with Crippen LogP contribution in [0.5, 0.6) is 0 Å². The van der Waals surface area contributed by atoms with Crippen LogP contribution >= 0.6 is 0 Å². The summed E-state index contributed by atoms with van der Waals surface area (Å²) in [6.07, 6.45) is 6.60. The van der Waals surface area contributed by atoms with Crippen LogP contribution in [0.25, 0.3) is 0 Å². The highest BCUT2D eigenvalue weighted by Crippen LogP contribution is 2.67. The van der Waals surface area contributed by atoms with Crippen molar-refractivity contribution < 1.29 is 42.3 Å². The van der Waals surface area contributed by atoms with Gasteiger partial charge in [-0.1, -0.05) is 37.6 Å². The van der Waals surface area contributed by atoms with Crippen molar-refractivity contribution in [1.29, 1.82) is 0 Å². The van der Waals surface area contributed by atoms with E-state index in [0.717, 1.165) is 24.1 Å². The third-order valence-corrected chi connectivity index (χ3v) is 10.7. The van der Waals surface area contributed by atoms with Crippen LogP contribution < -0.4 is 0 Å². The molecule has 0 heterocycles. The van der Waals surface area contributed by atoms with Gasteiger partial charge < -0.3 is 14.9 Å². The van der Waals surface area contributed by atoms with E-state index in [0.29, 0.717) is 12.8 Å². The molecule has 204 valence electrons. The number of rotatable bonds is 5.